The summed E-state index contributed by atoms with van der Waals surface area (Å²) in [6.07, 6.45) is 0.606. The maximum atomic E-state index is 12.6. The molecule has 1 saturated heterocycles. The van der Waals surface area contributed by atoms with Gasteiger partial charge in [0.2, 0.25) is 5.91 Å². The Hall–Kier alpha value is -1.88. The summed E-state index contributed by atoms with van der Waals surface area (Å²) in [5.74, 6) is -0.896. The third-order valence-electron chi connectivity index (χ3n) is 4.67. The van der Waals surface area contributed by atoms with E-state index in [4.69, 9.17) is 5.11 Å². The number of rotatable bonds is 5. The van der Waals surface area contributed by atoms with Gasteiger partial charge in [-0.05, 0) is 43.9 Å². The summed E-state index contributed by atoms with van der Waals surface area (Å²) < 4.78 is 0. The fourth-order valence-electron chi connectivity index (χ4n) is 3.08. The highest BCUT2D eigenvalue weighted by atomic mass is 16.4. The highest BCUT2D eigenvalue weighted by Gasteiger charge is 2.33. The Kier molecular flexibility index (Phi) is 5.42. The number of anilines is 1. The number of hydrogen-bond donors (Lipinski definition) is 2. The molecule has 0 radical (unpaired) electrons. The van der Waals surface area contributed by atoms with Crippen LogP contribution in [0.4, 0.5) is 5.69 Å². The van der Waals surface area contributed by atoms with Crippen molar-refractivity contribution in [1.82, 2.24) is 4.90 Å². The molecule has 2 atom stereocenters. The third kappa shape index (κ3) is 3.91. The first-order valence-electron chi connectivity index (χ1n) is 8.18. The number of aliphatic carboxylic acids is 1. The highest BCUT2D eigenvalue weighted by molar-refractivity contribution is 5.96. The van der Waals surface area contributed by atoms with Gasteiger partial charge in [-0.1, -0.05) is 32.0 Å². The molecule has 2 rings (SSSR count). The van der Waals surface area contributed by atoms with E-state index < -0.39 is 5.97 Å². The van der Waals surface area contributed by atoms with E-state index in [1.807, 2.05) is 36.9 Å². The summed E-state index contributed by atoms with van der Waals surface area (Å²) in [7, 11) is 0. The molecule has 0 saturated carbocycles. The van der Waals surface area contributed by atoms with Gasteiger partial charge in [0.25, 0.3) is 0 Å². The SMILES string of the molecule is Cc1cccc(C(C)C)c1NC(=O)C(C)N1CCC(C(=O)O)C1. The van der Waals surface area contributed by atoms with Crippen LogP contribution < -0.4 is 5.32 Å². The second-order valence-electron chi connectivity index (χ2n) is 6.68. The van der Waals surface area contributed by atoms with Gasteiger partial charge in [-0.3, -0.25) is 14.5 Å². The van der Waals surface area contributed by atoms with Crippen LogP contribution in [0.2, 0.25) is 0 Å². The number of amides is 1. The Morgan fingerprint density at radius 2 is 2.00 bits per heavy atom. The van der Waals surface area contributed by atoms with Crippen molar-refractivity contribution in [2.75, 3.05) is 18.4 Å². The summed E-state index contributed by atoms with van der Waals surface area (Å²) in [5, 5.41) is 12.1. The van der Waals surface area contributed by atoms with E-state index >= 15 is 0 Å². The number of benzene rings is 1. The van der Waals surface area contributed by atoms with Crippen molar-refractivity contribution in [3.8, 4) is 0 Å². The van der Waals surface area contributed by atoms with Gasteiger partial charge < -0.3 is 10.4 Å². The van der Waals surface area contributed by atoms with E-state index in [1.54, 1.807) is 0 Å². The molecule has 1 aliphatic rings. The summed E-state index contributed by atoms with van der Waals surface area (Å²) in [4.78, 5) is 25.6. The van der Waals surface area contributed by atoms with Crippen LogP contribution in [-0.2, 0) is 9.59 Å². The predicted octanol–water partition coefficient (Wildman–Crippen LogP) is 2.85. The standard InChI is InChI=1S/C18H26N2O3/c1-11(2)15-7-5-6-12(3)16(15)19-17(21)13(4)20-9-8-14(10-20)18(22)23/h5-7,11,13-14H,8-10H2,1-4H3,(H,19,21)(H,22,23). The first-order chi connectivity index (χ1) is 10.8. The number of likely N-dealkylation sites (tertiary alicyclic amines) is 1. The van der Waals surface area contributed by atoms with Gasteiger partial charge in [0.15, 0.2) is 0 Å². The van der Waals surface area contributed by atoms with Crippen LogP contribution in [0, 0.1) is 12.8 Å². The molecule has 0 aromatic heterocycles. The summed E-state index contributed by atoms with van der Waals surface area (Å²) >= 11 is 0. The summed E-state index contributed by atoms with van der Waals surface area (Å²) in [6.45, 7) is 9.12. The molecule has 1 amide bonds. The van der Waals surface area contributed by atoms with Crippen LogP contribution in [0.15, 0.2) is 18.2 Å². The van der Waals surface area contributed by atoms with E-state index in [9.17, 15) is 9.59 Å². The molecular weight excluding hydrogens is 292 g/mol. The zero-order valence-corrected chi connectivity index (χ0v) is 14.3. The molecule has 2 N–H and O–H groups in total. The fourth-order valence-corrected chi connectivity index (χ4v) is 3.08. The van der Waals surface area contributed by atoms with Gasteiger partial charge in [0.05, 0.1) is 12.0 Å². The minimum absolute atomic E-state index is 0.0766. The number of hydrogen-bond acceptors (Lipinski definition) is 3. The number of carboxylic acid groups (broad SMARTS) is 1. The molecule has 0 spiro atoms. The van der Waals surface area contributed by atoms with Crippen molar-refractivity contribution in [2.45, 2.75) is 46.1 Å². The van der Waals surface area contributed by atoms with Crippen LogP contribution in [0.3, 0.4) is 0 Å². The van der Waals surface area contributed by atoms with E-state index in [0.717, 1.165) is 16.8 Å². The summed E-state index contributed by atoms with van der Waals surface area (Å²) in [5.41, 5.74) is 3.05. The number of nitrogens with zero attached hydrogens (tertiary/aromatic N) is 1. The molecule has 5 heteroatoms. The first kappa shape index (κ1) is 17.5. The Balaban J connectivity index is 2.09. The Morgan fingerprint density at radius 1 is 1.30 bits per heavy atom. The zero-order chi connectivity index (χ0) is 17.1. The Bertz CT molecular complexity index is 598. The summed E-state index contributed by atoms with van der Waals surface area (Å²) in [6, 6.07) is 5.69. The van der Waals surface area contributed by atoms with Gasteiger partial charge in [-0.25, -0.2) is 0 Å². The molecule has 5 nitrogen and oxygen atoms in total. The van der Waals surface area contributed by atoms with E-state index in [-0.39, 0.29) is 17.9 Å². The van der Waals surface area contributed by atoms with Crippen LogP contribution in [0.5, 0.6) is 0 Å². The minimum atomic E-state index is -0.777. The molecule has 23 heavy (non-hydrogen) atoms. The third-order valence-corrected chi connectivity index (χ3v) is 4.67. The molecule has 0 bridgehead atoms. The monoisotopic (exact) mass is 318 g/mol. The molecule has 2 unspecified atom stereocenters. The highest BCUT2D eigenvalue weighted by Crippen LogP contribution is 2.28. The molecule has 1 fully saturated rings. The van der Waals surface area contributed by atoms with Gasteiger partial charge in [0, 0.05) is 12.2 Å². The topological polar surface area (TPSA) is 69.6 Å². The van der Waals surface area contributed by atoms with Gasteiger partial charge >= 0.3 is 5.97 Å². The molecule has 0 aliphatic carbocycles. The van der Waals surface area contributed by atoms with Crippen molar-refractivity contribution in [3.63, 3.8) is 0 Å². The number of nitrogens with one attached hydrogen (secondary N) is 1. The van der Waals surface area contributed by atoms with Crippen LogP contribution in [-0.4, -0.2) is 41.0 Å². The lowest BCUT2D eigenvalue weighted by molar-refractivity contribution is -0.141. The molecule has 1 aromatic carbocycles. The lowest BCUT2D eigenvalue weighted by Crippen LogP contribution is -2.41. The molecule has 1 heterocycles. The minimum Gasteiger partial charge on any atom is -0.481 e. The van der Waals surface area contributed by atoms with Crippen LogP contribution in [0.25, 0.3) is 0 Å². The number of carbonyl (C=O) groups excluding carboxylic acids is 1. The average Bonchev–Trinajstić information content (AvgIpc) is 2.98. The number of carbonyl (C=O) groups is 2. The van der Waals surface area contributed by atoms with Crippen molar-refractivity contribution >= 4 is 17.6 Å². The largest absolute Gasteiger partial charge is 0.481 e. The smallest absolute Gasteiger partial charge is 0.307 e. The number of carboxylic acids is 1. The van der Waals surface area contributed by atoms with Crippen molar-refractivity contribution in [1.29, 1.82) is 0 Å². The molecular formula is C18H26N2O3. The second kappa shape index (κ2) is 7.13. The number of aryl methyl sites for hydroxylation is 1. The van der Waals surface area contributed by atoms with E-state index in [1.165, 1.54) is 0 Å². The van der Waals surface area contributed by atoms with Crippen LogP contribution in [0.1, 0.15) is 44.2 Å². The molecule has 126 valence electrons. The maximum Gasteiger partial charge on any atom is 0.307 e. The van der Waals surface area contributed by atoms with Gasteiger partial charge in [0.1, 0.15) is 0 Å². The van der Waals surface area contributed by atoms with Crippen LogP contribution >= 0.6 is 0 Å². The maximum absolute atomic E-state index is 12.6. The normalized spacial score (nSPS) is 19.8. The van der Waals surface area contributed by atoms with E-state index in [0.29, 0.717) is 25.4 Å². The Labute approximate surface area is 137 Å². The van der Waals surface area contributed by atoms with E-state index in [2.05, 4.69) is 19.2 Å². The zero-order valence-electron chi connectivity index (χ0n) is 14.3. The Morgan fingerprint density at radius 3 is 2.57 bits per heavy atom. The fraction of sp³-hybridized carbons (Fsp3) is 0.556. The van der Waals surface area contributed by atoms with Crippen molar-refractivity contribution in [2.24, 2.45) is 5.92 Å². The first-order valence-corrected chi connectivity index (χ1v) is 8.18. The van der Waals surface area contributed by atoms with Crippen molar-refractivity contribution in [3.05, 3.63) is 29.3 Å². The number of para-hydroxylation sites is 1. The molecule has 1 aromatic rings. The van der Waals surface area contributed by atoms with Gasteiger partial charge in [-0.2, -0.15) is 0 Å². The lowest BCUT2D eigenvalue weighted by atomic mass is 9.98. The van der Waals surface area contributed by atoms with Gasteiger partial charge in [-0.15, -0.1) is 0 Å². The average molecular weight is 318 g/mol. The van der Waals surface area contributed by atoms with Crippen molar-refractivity contribution < 1.29 is 14.7 Å². The lowest BCUT2D eigenvalue weighted by Gasteiger charge is -2.25. The predicted molar refractivity (Wildman–Crippen MR) is 90.7 cm³/mol. The molecule has 1 aliphatic heterocycles. The quantitative estimate of drug-likeness (QED) is 0.876. The second-order valence-corrected chi connectivity index (χ2v) is 6.68.